The van der Waals surface area contributed by atoms with E-state index in [0.717, 1.165) is 5.56 Å². The fourth-order valence-corrected chi connectivity index (χ4v) is 2.10. The number of benzene rings is 2. The monoisotopic (exact) mass is 290 g/mol. The molecule has 0 aliphatic carbocycles. The third-order valence-corrected chi connectivity index (χ3v) is 3.05. The van der Waals surface area contributed by atoms with Crippen LogP contribution in [-0.4, -0.2) is 13.0 Å². The summed E-state index contributed by atoms with van der Waals surface area (Å²) in [5, 5.41) is 3.24. The molecule has 0 saturated carbocycles. The Morgan fingerprint density at radius 3 is 2.75 bits per heavy atom. The Balaban J connectivity index is 2.03. The van der Waals surface area contributed by atoms with Crippen molar-refractivity contribution in [2.45, 2.75) is 6.42 Å². The van der Waals surface area contributed by atoms with Crippen LogP contribution < -0.4 is 15.8 Å². The van der Waals surface area contributed by atoms with Crippen molar-refractivity contribution in [1.82, 2.24) is 0 Å². The van der Waals surface area contributed by atoms with Gasteiger partial charge in [0.05, 0.1) is 18.6 Å². The molecule has 0 bridgehead atoms. The molecule has 20 heavy (non-hydrogen) atoms. The summed E-state index contributed by atoms with van der Waals surface area (Å²) in [6.07, 6.45) is 0.259. The van der Waals surface area contributed by atoms with E-state index in [2.05, 4.69) is 5.32 Å². The van der Waals surface area contributed by atoms with Crippen molar-refractivity contribution >= 4 is 28.9 Å². The maximum absolute atomic E-state index is 11.9. The summed E-state index contributed by atoms with van der Waals surface area (Å²) in [7, 11) is 1.54. The van der Waals surface area contributed by atoms with E-state index in [1.54, 1.807) is 37.4 Å². The summed E-state index contributed by atoms with van der Waals surface area (Å²) in [6.45, 7) is 0. The zero-order chi connectivity index (χ0) is 14.5. The topological polar surface area (TPSA) is 64.3 Å². The highest BCUT2D eigenvalue weighted by molar-refractivity contribution is 6.32. The van der Waals surface area contributed by atoms with Crippen LogP contribution in [0.15, 0.2) is 42.5 Å². The number of carbonyl (C=O) groups is 1. The Bertz CT molecular complexity index is 629. The largest absolute Gasteiger partial charge is 0.495 e. The maximum Gasteiger partial charge on any atom is 0.228 e. The Morgan fingerprint density at radius 1 is 1.30 bits per heavy atom. The Hall–Kier alpha value is -2.20. The second-order valence-electron chi connectivity index (χ2n) is 4.32. The molecule has 1 amide bonds. The van der Waals surface area contributed by atoms with E-state index in [0.29, 0.717) is 22.1 Å². The van der Waals surface area contributed by atoms with Crippen molar-refractivity contribution < 1.29 is 9.53 Å². The van der Waals surface area contributed by atoms with Gasteiger partial charge in [0, 0.05) is 11.4 Å². The number of nitrogens with one attached hydrogen (secondary N) is 1. The van der Waals surface area contributed by atoms with Gasteiger partial charge in [0.2, 0.25) is 5.91 Å². The van der Waals surface area contributed by atoms with Gasteiger partial charge >= 0.3 is 0 Å². The minimum atomic E-state index is -0.128. The quantitative estimate of drug-likeness (QED) is 0.850. The summed E-state index contributed by atoms with van der Waals surface area (Å²) in [5.41, 5.74) is 7.81. The van der Waals surface area contributed by atoms with E-state index in [1.807, 2.05) is 12.1 Å². The molecule has 2 aromatic carbocycles. The van der Waals surface area contributed by atoms with Gasteiger partial charge < -0.3 is 15.8 Å². The Morgan fingerprint density at radius 2 is 2.10 bits per heavy atom. The number of amides is 1. The summed E-state index contributed by atoms with van der Waals surface area (Å²) >= 11 is 6.00. The van der Waals surface area contributed by atoms with Crippen LogP contribution in [0.5, 0.6) is 5.75 Å². The highest BCUT2D eigenvalue weighted by atomic mass is 35.5. The fraction of sp³-hybridized carbons (Fsp3) is 0.133. The first kappa shape index (κ1) is 14.2. The first-order valence-corrected chi connectivity index (χ1v) is 6.44. The van der Waals surface area contributed by atoms with Crippen LogP contribution in [0, 0.1) is 0 Å². The molecular weight excluding hydrogens is 276 g/mol. The lowest BCUT2D eigenvalue weighted by molar-refractivity contribution is -0.115. The molecule has 2 aromatic rings. The zero-order valence-corrected chi connectivity index (χ0v) is 11.8. The lowest BCUT2D eigenvalue weighted by atomic mass is 10.1. The highest BCUT2D eigenvalue weighted by Crippen LogP contribution is 2.27. The van der Waals surface area contributed by atoms with E-state index in [4.69, 9.17) is 22.1 Å². The van der Waals surface area contributed by atoms with E-state index >= 15 is 0 Å². The second kappa shape index (κ2) is 6.30. The molecule has 0 spiro atoms. The maximum atomic E-state index is 11.9. The number of halogens is 1. The number of anilines is 2. The van der Waals surface area contributed by atoms with Gasteiger partial charge in [-0.3, -0.25) is 4.79 Å². The highest BCUT2D eigenvalue weighted by Gasteiger charge is 2.07. The summed E-state index contributed by atoms with van der Waals surface area (Å²) in [5.74, 6) is 0.442. The van der Waals surface area contributed by atoms with Crippen molar-refractivity contribution in [3.63, 3.8) is 0 Å². The average molecular weight is 291 g/mol. The first-order chi connectivity index (χ1) is 9.58. The van der Waals surface area contributed by atoms with Crippen molar-refractivity contribution in [2.75, 3.05) is 18.2 Å². The number of methoxy groups -OCH3 is 1. The molecule has 5 heteroatoms. The van der Waals surface area contributed by atoms with Gasteiger partial charge in [-0.2, -0.15) is 0 Å². The van der Waals surface area contributed by atoms with Crippen molar-refractivity contribution in [2.24, 2.45) is 0 Å². The minimum absolute atomic E-state index is 0.128. The molecule has 0 aromatic heterocycles. The third kappa shape index (κ3) is 3.65. The summed E-state index contributed by atoms with van der Waals surface area (Å²) < 4.78 is 5.06. The number of rotatable bonds is 4. The molecule has 3 N–H and O–H groups in total. The first-order valence-electron chi connectivity index (χ1n) is 6.06. The Kier molecular flexibility index (Phi) is 4.48. The minimum Gasteiger partial charge on any atom is -0.495 e. The SMILES string of the molecule is COc1ccc(NC(=O)Cc2cccc(N)c2)cc1Cl. The lowest BCUT2D eigenvalue weighted by Crippen LogP contribution is -2.14. The molecule has 104 valence electrons. The molecule has 2 rings (SSSR count). The van der Waals surface area contributed by atoms with Crippen molar-refractivity contribution in [1.29, 1.82) is 0 Å². The molecule has 0 unspecified atom stereocenters. The smallest absolute Gasteiger partial charge is 0.228 e. The summed E-state index contributed by atoms with van der Waals surface area (Å²) in [6, 6.07) is 12.3. The zero-order valence-electron chi connectivity index (χ0n) is 11.0. The van der Waals surface area contributed by atoms with Crippen molar-refractivity contribution in [3.8, 4) is 5.75 Å². The second-order valence-corrected chi connectivity index (χ2v) is 4.73. The average Bonchev–Trinajstić information content (AvgIpc) is 2.38. The third-order valence-electron chi connectivity index (χ3n) is 2.75. The molecular formula is C15H15ClN2O2. The van der Waals surface area contributed by atoms with Crippen molar-refractivity contribution in [3.05, 3.63) is 53.1 Å². The number of nitrogens with two attached hydrogens (primary N) is 1. The van der Waals surface area contributed by atoms with Gasteiger partial charge in [0.25, 0.3) is 0 Å². The van der Waals surface area contributed by atoms with E-state index in [1.165, 1.54) is 0 Å². The Labute approximate surface area is 122 Å². The van der Waals surface area contributed by atoms with Gasteiger partial charge in [-0.1, -0.05) is 23.7 Å². The molecule has 0 atom stereocenters. The van der Waals surface area contributed by atoms with Crippen LogP contribution >= 0.6 is 11.6 Å². The molecule has 0 aliphatic rings. The normalized spacial score (nSPS) is 10.1. The van der Waals surface area contributed by atoms with Crippen LogP contribution in [0.2, 0.25) is 5.02 Å². The van der Waals surface area contributed by atoms with Crippen LogP contribution in [0.1, 0.15) is 5.56 Å². The fourth-order valence-electron chi connectivity index (χ4n) is 1.84. The van der Waals surface area contributed by atoms with Crippen LogP contribution in [0.3, 0.4) is 0 Å². The molecule has 0 aliphatic heterocycles. The number of hydrogen-bond donors (Lipinski definition) is 2. The predicted molar refractivity (Wildman–Crippen MR) is 81.2 cm³/mol. The number of hydrogen-bond acceptors (Lipinski definition) is 3. The van der Waals surface area contributed by atoms with E-state index in [9.17, 15) is 4.79 Å². The standard InChI is InChI=1S/C15H15ClN2O2/c1-20-14-6-5-12(9-13(14)16)18-15(19)8-10-3-2-4-11(17)7-10/h2-7,9H,8,17H2,1H3,(H,18,19). The van der Waals surface area contributed by atoms with E-state index in [-0.39, 0.29) is 12.3 Å². The molecule has 0 saturated heterocycles. The molecule has 4 nitrogen and oxygen atoms in total. The number of nitrogen functional groups attached to an aromatic ring is 1. The molecule has 0 radical (unpaired) electrons. The lowest BCUT2D eigenvalue weighted by Gasteiger charge is -2.08. The van der Waals surface area contributed by atoms with Crippen LogP contribution in [0.4, 0.5) is 11.4 Å². The number of ether oxygens (including phenoxy) is 1. The van der Waals surface area contributed by atoms with Gasteiger partial charge in [0.1, 0.15) is 5.75 Å². The number of carbonyl (C=O) groups excluding carboxylic acids is 1. The van der Waals surface area contributed by atoms with Crippen LogP contribution in [0.25, 0.3) is 0 Å². The van der Waals surface area contributed by atoms with Gasteiger partial charge in [-0.15, -0.1) is 0 Å². The van der Waals surface area contributed by atoms with Crippen LogP contribution in [-0.2, 0) is 11.2 Å². The molecule has 0 fully saturated rings. The summed E-state index contributed by atoms with van der Waals surface area (Å²) in [4.78, 5) is 11.9. The van der Waals surface area contributed by atoms with E-state index < -0.39 is 0 Å². The molecule has 0 heterocycles. The van der Waals surface area contributed by atoms with Gasteiger partial charge in [0.15, 0.2) is 0 Å². The predicted octanol–water partition coefficient (Wildman–Crippen LogP) is 3.11. The van der Waals surface area contributed by atoms with Gasteiger partial charge in [-0.25, -0.2) is 0 Å². The van der Waals surface area contributed by atoms with Gasteiger partial charge in [-0.05, 0) is 35.9 Å².